The number of hydrogen-bond acceptors (Lipinski definition) is 8. The number of amides is 2. The Morgan fingerprint density at radius 3 is 2.78 bits per heavy atom. The predicted octanol–water partition coefficient (Wildman–Crippen LogP) is 5.04. The number of ether oxygens (including phenoxy) is 2. The van der Waals surface area contributed by atoms with Crippen molar-refractivity contribution in [3.63, 3.8) is 0 Å². The Morgan fingerprint density at radius 2 is 2.06 bits per heavy atom. The van der Waals surface area contributed by atoms with E-state index in [1.54, 1.807) is 24.3 Å². The lowest BCUT2D eigenvalue weighted by Crippen LogP contribution is -2.29. The van der Waals surface area contributed by atoms with Crippen LogP contribution in [0.1, 0.15) is 33.5 Å². The summed E-state index contributed by atoms with van der Waals surface area (Å²) in [5, 5.41) is 12.7. The Labute approximate surface area is 189 Å². The minimum Gasteiger partial charge on any atom is -0.483 e. The molecule has 2 aromatic heterocycles. The summed E-state index contributed by atoms with van der Waals surface area (Å²) in [5.74, 6) is 2.56. The molecule has 0 spiro atoms. The Bertz CT molecular complexity index is 1140. The molecule has 11 heteroatoms. The highest BCUT2D eigenvalue weighted by atomic mass is 35.5. The lowest BCUT2D eigenvalue weighted by molar-refractivity contribution is 0.262. The zero-order valence-corrected chi connectivity index (χ0v) is 18.8. The number of nitrogens with one attached hydrogen (secondary N) is 3. The van der Waals surface area contributed by atoms with E-state index in [9.17, 15) is 4.79 Å². The minimum absolute atomic E-state index is 0.127. The van der Waals surface area contributed by atoms with Crippen molar-refractivity contribution >= 4 is 35.0 Å². The first-order valence-electron chi connectivity index (χ1n) is 9.96. The molecule has 1 atom stereocenters. The number of carbonyl (C=O) groups excluding carboxylic acids is 1. The Kier molecular flexibility index (Phi) is 5.79. The van der Waals surface area contributed by atoms with Crippen molar-refractivity contribution in [2.24, 2.45) is 0 Å². The van der Waals surface area contributed by atoms with Crippen molar-refractivity contribution in [2.45, 2.75) is 39.2 Å². The van der Waals surface area contributed by atoms with Crippen molar-refractivity contribution < 1.29 is 18.8 Å². The van der Waals surface area contributed by atoms with E-state index in [1.807, 2.05) is 27.7 Å². The molecule has 4 rings (SSSR count). The molecule has 3 heterocycles. The molecule has 0 aliphatic carbocycles. The topological polar surface area (TPSA) is 123 Å². The second-order valence-corrected chi connectivity index (χ2v) is 8.77. The quantitative estimate of drug-likeness (QED) is 0.496. The van der Waals surface area contributed by atoms with Gasteiger partial charge in [-0.05, 0) is 25.1 Å². The molecule has 0 bridgehead atoms. The van der Waals surface area contributed by atoms with E-state index in [2.05, 4.69) is 31.1 Å². The number of hydrogen-bond donors (Lipinski definition) is 3. The summed E-state index contributed by atoms with van der Waals surface area (Å²) in [4.78, 5) is 20.6. The van der Waals surface area contributed by atoms with Gasteiger partial charge in [-0.25, -0.2) is 9.78 Å². The fourth-order valence-corrected chi connectivity index (χ4v) is 3.10. The van der Waals surface area contributed by atoms with Gasteiger partial charge >= 0.3 is 6.03 Å². The maximum Gasteiger partial charge on any atom is 0.324 e. The van der Waals surface area contributed by atoms with Gasteiger partial charge in [-0.2, -0.15) is 4.98 Å². The van der Waals surface area contributed by atoms with Crippen LogP contribution in [-0.2, 0) is 5.41 Å². The Morgan fingerprint density at radius 1 is 1.25 bits per heavy atom. The molecule has 168 valence electrons. The molecule has 0 saturated heterocycles. The largest absolute Gasteiger partial charge is 0.483 e. The number of benzene rings is 1. The Hall–Kier alpha value is -3.53. The number of urea groups is 1. The minimum atomic E-state index is -0.484. The average Bonchev–Trinajstić information content (AvgIpc) is 3.19. The summed E-state index contributed by atoms with van der Waals surface area (Å²) in [6.07, 6.45) is 1.38. The number of carbonyl (C=O) groups is 1. The van der Waals surface area contributed by atoms with Crippen molar-refractivity contribution in [3.8, 4) is 17.4 Å². The number of aromatic nitrogens is 3. The van der Waals surface area contributed by atoms with Gasteiger partial charge in [-0.3, -0.25) is 5.32 Å². The first kappa shape index (κ1) is 21.7. The van der Waals surface area contributed by atoms with E-state index in [0.29, 0.717) is 41.2 Å². The number of nitrogens with zero attached hydrogens (tertiary/aromatic N) is 3. The SMILES string of the molecule is CC1COc2c(ncnc2Oc2ccc(NC(=O)Nc3cc(C(C)(C)C)on3)cc2Cl)N1. The van der Waals surface area contributed by atoms with Crippen LogP contribution in [0.3, 0.4) is 0 Å². The monoisotopic (exact) mass is 458 g/mol. The van der Waals surface area contributed by atoms with Crippen molar-refractivity contribution in [3.05, 3.63) is 41.4 Å². The van der Waals surface area contributed by atoms with Crippen LogP contribution in [0.25, 0.3) is 0 Å². The molecule has 1 aliphatic rings. The summed E-state index contributed by atoms with van der Waals surface area (Å²) in [7, 11) is 0. The molecule has 3 N–H and O–H groups in total. The van der Waals surface area contributed by atoms with Crippen LogP contribution in [0.5, 0.6) is 17.4 Å². The molecule has 0 radical (unpaired) electrons. The molecule has 1 unspecified atom stereocenters. The number of rotatable bonds is 4. The predicted molar refractivity (Wildman–Crippen MR) is 120 cm³/mol. The van der Waals surface area contributed by atoms with Crippen molar-refractivity contribution in [1.82, 2.24) is 15.1 Å². The standard InChI is InChI=1S/C21H23ClN6O4/c1-11-9-30-17-18(25-11)23-10-24-19(17)31-14-6-5-12(7-13(14)22)26-20(29)27-16-8-15(32-28-16)21(2,3)4/h5-8,10-11H,9H2,1-4H3,(H,23,24,25)(H2,26,27,28,29). The number of halogens is 1. The highest BCUT2D eigenvalue weighted by molar-refractivity contribution is 6.32. The van der Waals surface area contributed by atoms with Crippen molar-refractivity contribution in [1.29, 1.82) is 0 Å². The highest BCUT2D eigenvalue weighted by Gasteiger charge is 2.23. The van der Waals surface area contributed by atoms with Gasteiger partial charge in [0.15, 0.2) is 11.6 Å². The van der Waals surface area contributed by atoms with E-state index in [-0.39, 0.29) is 22.4 Å². The molecule has 3 aromatic rings. The maximum absolute atomic E-state index is 12.3. The fourth-order valence-electron chi connectivity index (χ4n) is 2.88. The van der Waals surface area contributed by atoms with E-state index < -0.39 is 6.03 Å². The van der Waals surface area contributed by atoms with Gasteiger partial charge in [0.25, 0.3) is 5.88 Å². The van der Waals surface area contributed by atoms with Crippen LogP contribution in [0.2, 0.25) is 5.02 Å². The lowest BCUT2D eigenvalue weighted by Gasteiger charge is -2.24. The van der Waals surface area contributed by atoms with Gasteiger partial charge in [0.1, 0.15) is 24.4 Å². The van der Waals surface area contributed by atoms with E-state index in [0.717, 1.165) is 0 Å². The summed E-state index contributed by atoms with van der Waals surface area (Å²) >= 11 is 6.36. The third-order valence-corrected chi connectivity index (χ3v) is 4.81. The van der Waals surface area contributed by atoms with Gasteiger partial charge in [-0.15, -0.1) is 0 Å². The smallest absolute Gasteiger partial charge is 0.324 e. The second-order valence-electron chi connectivity index (χ2n) is 8.37. The van der Waals surface area contributed by atoms with Crippen LogP contribution in [0.4, 0.5) is 22.1 Å². The first-order valence-corrected chi connectivity index (χ1v) is 10.3. The summed E-state index contributed by atoms with van der Waals surface area (Å²) in [5.41, 5.74) is 0.255. The first-order chi connectivity index (χ1) is 15.2. The van der Waals surface area contributed by atoms with Crippen LogP contribution in [0, 0.1) is 0 Å². The third kappa shape index (κ3) is 4.86. The normalized spacial score (nSPS) is 15.2. The molecule has 1 aromatic carbocycles. The van der Waals surface area contributed by atoms with Crippen molar-refractivity contribution in [2.75, 3.05) is 22.6 Å². The molecular weight excluding hydrogens is 436 g/mol. The molecule has 10 nitrogen and oxygen atoms in total. The van der Waals surface area contributed by atoms with E-state index in [1.165, 1.54) is 6.33 Å². The molecule has 1 aliphatic heterocycles. The van der Waals surface area contributed by atoms with Gasteiger partial charge < -0.3 is 24.6 Å². The van der Waals surface area contributed by atoms with E-state index in [4.69, 9.17) is 25.6 Å². The lowest BCUT2D eigenvalue weighted by atomic mass is 9.93. The average molecular weight is 459 g/mol. The highest BCUT2D eigenvalue weighted by Crippen LogP contribution is 2.39. The summed E-state index contributed by atoms with van der Waals surface area (Å²) in [6, 6.07) is 6.17. The zero-order chi connectivity index (χ0) is 22.9. The summed E-state index contributed by atoms with van der Waals surface area (Å²) in [6.45, 7) is 8.41. The molecule has 32 heavy (non-hydrogen) atoms. The van der Waals surface area contributed by atoms with Gasteiger partial charge in [0.05, 0.1) is 11.1 Å². The summed E-state index contributed by atoms with van der Waals surface area (Å²) < 4.78 is 16.8. The number of anilines is 3. The van der Waals surface area contributed by atoms with Crippen LogP contribution < -0.4 is 25.4 Å². The van der Waals surface area contributed by atoms with E-state index >= 15 is 0 Å². The maximum atomic E-state index is 12.3. The number of fused-ring (bicyclic) bond motifs is 1. The third-order valence-electron chi connectivity index (χ3n) is 4.52. The molecule has 0 fully saturated rings. The fraction of sp³-hybridized carbons (Fsp3) is 0.333. The van der Waals surface area contributed by atoms with Gasteiger partial charge in [0, 0.05) is 17.2 Å². The molecule has 2 amide bonds. The second kappa shape index (κ2) is 8.54. The Balaban J connectivity index is 1.42. The van der Waals surface area contributed by atoms with Gasteiger partial charge in [-0.1, -0.05) is 37.5 Å². The zero-order valence-electron chi connectivity index (χ0n) is 18.0. The van der Waals surface area contributed by atoms with Crippen LogP contribution in [-0.4, -0.2) is 33.8 Å². The van der Waals surface area contributed by atoms with Crippen LogP contribution in [0.15, 0.2) is 35.1 Å². The molecular formula is C21H23ClN6O4. The van der Waals surface area contributed by atoms with Gasteiger partial charge in [0.2, 0.25) is 5.75 Å². The van der Waals surface area contributed by atoms with Crippen LogP contribution >= 0.6 is 11.6 Å². The molecule has 0 saturated carbocycles.